The van der Waals surface area contributed by atoms with Crippen molar-refractivity contribution >= 4 is 11.6 Å². The van der Waals surface area contributed by atoms with Gasteiger partial charge in [-0.3, -0.25) is 0 Å². The van der Waals surface area contributed by atoms with Gasteiger partial charge in [-0.2, -0.15) is 5.48 Å². The summed E-state index contributed by atoms with van der Waals surface area (Å²) in [7, 11) is 1.61. The van der Waals surface area contributed by atoms with Gasteiger partial charge in [0.2, 0.25) is 0 Å². The zero-order valence-corrected chi connectivity index (χ0v) is 11.0. The van der Waals surface area contributed by atoms with Gasteiger partial charge in [0.05, 0.1) is 7.11 Å². The quantitative estimate of drug-likeness (QED) is 0.763. The van der Waals surface area contributed by atoms with Gasteiger partial charge in [0, 0.05) is 11.6 Å². The van der Waals surface area contributed by atoms with E-state index in [4.69, 9.17) is 16.4 Å². The van der Waals surface area contributed by atoms with Crippen LogP contribution in [-0.4, -0.2) is 7.11 Å². The molecule has 3 heteroatoms. The SMILES string of the molecule is CCC(CC)c1ccc(CNOC)cc1Cl. The van der Waals surface area contributed by atoms with E-state index in [1.165, 1.54) is 5.56 Å². The van der Waals surface area contributed by atoms with Crippen molar-refractivity contribution in [2.45, 2.75) is 39.2 Å². The number of rotatable bonds is 6. The second kappa shape index (κ2) is 6.89. The highest BCUT2D eigenvalue weighted by Crippen LogP contribution is 2.30. The first-order valence-electron chi connectivity index (χ1n) is 5.77. The summed E-state index contributed by atoms with van der Waals surface area (Å²) in [4.78, 5) is 4.81. The van der Waals surface area contributed by atoms with Gasteiger partial charge >= 0.3 is 0 Å². The summed E-state index contributed by atoms with van der Waals surface area (Å²) >= 11 is 6.29. The highest BCUT2D eigenvalue weighted by atomic mass is 35.5. The molecule has 0 saturated carbocycles. The van der Waals surface area contributed by atoms with Crippen LogP contribution in [0.3, 0.4) is 0 Å². The number of hydrogen-bond acceptors (Lipinski definition) is 2. The minimum Gasteiger partial charge on any atom is -0.305 e. The molecule has 1 rings (SSSR count). The molecule has 0 aliphatic heterocycles. The number of hydroxylamine groups is 1. The smallest absolute Gasteiger partial charge is 0.0572 e. The largest absolute Gasteiger partial charge is 0.305 e. The second-order valence-corrected chi connectivity index (χ2v) is 4.30. The molecule has 0 saturated heterocycles. The van der Waals surface area contributed by atoms with Crippen LogP contribution in [-0.2, 0) is 11.4 Å². The minimum absolute atomic E-state index is 0.567. The Morgan fingerprint density at radius 2 is 2.00 bits per heavy atom. The Labute approximate surface area is 103 Å². The van der Waals surface area contributed by atoms with E-state index >= 15 is 0 Å². The molecule has 16 heavy (non-hydrogen) atoms. The van der Waals surface area contributed by atoms with Gasteiger partial charge in [0.1, 0.15) is 0 Å². The number of nitrogens with one attached hydrogen (secondary N) is 1. The summed E-state index contributed by atoms with van der Waals surface area (Å²) in [5.74, 6) is 0.567. The van der Waals surface area contributed by atoms with Crippen molar-refractivity contribution in [1.82, 2.24) is 5.48 Å². The molecule has 0 aromatic heterocycles. The molecule has 1 aromatic rings. The Balaban J connectivity index is 2.82. The second-order valence-electron chi connectivity index (χ2n) is 3.89. The standard InChI is InChI=1S/C13H20ClNO/c1-4-11(5-2)12-7-6-10(8-13(12)14)9-15-16-3/h6-8,11,15H,4-5,9H2,1-3H3. The fraction of sp³-hybridized carbons (Fsp3) is 0.538. The lowest BCUT2D eigenvalue weighted by atomic mass is 9.93. The van der Waals surface area contributed by atoms with Crippen molar-refractivity contribution in [2.24, 2.45) is 0 Å². The minimum atomic E-state index is 0.567. The van der Waals surface area contributed by atoms with Crippen LogP contribution in [0, 0.1) is 0 Å². The maximum Gasteiger partial charge on any atom is 0.0572 e. The van der Waals surface area contributed by atoms with Gasteiger partial charge in [0.25, 0.3) is 0 Å². The zero-order chi connectivity index (χ0) is 12.0. The van der Waals surface area contributed by atoms with Crippen LogP contribution in [0.1, 0.15) is 43.7 Å². The summed E-state index contributed by atoms with van der Waals surface area (Å²) < 4.78 is 0. The molecule has 0 aliphatic rings. The Morgan fingerprint density at radius 1 is 1.31 bits per heavy atom. The molecule has 0 amide bonds. The van der Waals surface area contributed by atoms with Crippen LogP contribution in [0.2, 0.25) is 5.02 Å². The Morgan fingerprint density at radius 3 is 2.50 bits per heavy atom. The predicted octanol–water partition coefficient (Wildman–Crippen LogP) is 3.89. The van der Waals surface area contributed by atoms with Crippen molar-refractivity contribution in [3.63, 3.8) is 0 Å². The highest BCUT2D eigenvalue weighted by molar-refractivity contribution is 6.31. The maximum absolute atomic E-state index is 6.29. The molecule has 0 atom stereocenters. The molecular weight excluding hydrogens is 222 g/mol. The average Bonchev–Trinajstić information content (AvgIpc) is 2.30. The fourth-order valence-electron chi connectivity index (χ4n) is 1.90. The van der Waals surface area contributed by atoms with Crippen LogP contribution in [0.4, 0.5) is 0 Å². The molecule has 0 aliphatic carbocycles. The topological polar surface area (TPSA) is 21.3 Å². The summed E-state index contributed by atoms with van der Waals surface area (Å²) in [6.45, 7) is 5.08. The Kier molecular flexibility index (Phi) is 5.81. The van der Waals surface area contributed by atoms with Crippen molar-refractivity contribution < 1.29 is 4.84 Å². The van der Waals surface area contributed by atoms with E-state index in [1.807, 2.05) is 6.07 Å². The van der Waals surface area contributed by atoms with Gasteiger partial charge in [-0.25, -0.2) is 0 Å². The van der Waals surface area contributed by atoms with E-state index in [1.54, 1.807) is 7.11 Å². The van der Waals surface area contributed by atoms with Crippen LogP contribution < -0.4 is 5.48 Å². The van der Waals surface area contributed by atoms with Gasteiger partial charge in [-0.1, -0.05) is 37.6 Å². The number of benzene rings is 1. The van der Waals surface area contributed by atoms with E-state index in [-0.39, 0.29) is 0 Å². The summed E-state index contributed by atoms with van der Waals surface area (Å²) in [5.41, 5.74) is 5.21. The van der Waals surface area contributed by atoms with Crippen molar-refractivity contribution in [1.29, 1.82) is 0 Å². The first kappa shape index (κ1) is 13.5. The third-order valence-corrected chi connectivity index (χ3v) is 3.24. The highest BCUT2D eigenvalue weighted by Gasteiger charge is 2.11. The molecule has 0 spiro atoms. The van der Waals surface area contributed by atoms with Crippen molar-refractivity contribution in [3.8, 4) is 0 Å². The third-order valence-electron chi connectivity index (χ3n) is 2.91. The number of hydrogen-bond donors (Lipinski definition) is 1. The lowest BCUT2D eigenvalue weighted by Gasteiger charge is -2.15. The van der Waals surface area contributed by atoms with E-state index in [9.17, 15) is 0 Å². The normalized spacial score (nSPS) is 11.1. The van der Waals surface area contributed by atoms with E-state index < -0.39 is 0 Å². The average molecular weight is 242 g/mol. The van der Waals surface area contributed by atoms with Gasteiger partial charge < -0.3 is 4.84 Å². The van der Waals surface area contributed by atoms with E-state index in [0.29, 0.717) is 12.5 Å². The lowest BCUT2D eigenvalue weighted by molar-refractivity contribution is 0.0867. The zero-order valence-electron chi connectivity index (χ0n) is 10.2. The first-order valence-corrected chi connectivity index (χ1v) is 6.14. The summed E-state index contributed by atoms with van der Waals surface area (Å²) in [6, 6.07) is 6.25. The monoisotopic (exact) mass is 241 g/mol. The third kappa shape index (κ3) is 3.48. The van der Waals surface area contributed by atoms with Crippen LogP contribution >= 0.6 is 11.6 Å². The molecule has 1 N–H and O–H groups in total. The molecule has 2 nitrogen and oxygen atoms in total. The predicted molar refractivity (Wildman–Crippen MR) is 68.6 cm³/mol. The fourth-order valence-corrected chi connectivity index (χ4v) is 2.25. The molecule has 0 bridgehead atoms. The lowest BCUT2D eigenvalue weighted by Crippen LogP contribution is -2.10. The molecule has 90 valence electrons. The van der Waals surface area contributed by atoms with Gasteiger partial charge in [-0.15, -0.1) is 0 Å². The van der Waals surface area contributed by atoms with Gasteiger partial charge in [-0.05, 0) is 36.0 Å². The molecule has 0 fully saturated rings. The van der Waals surface area contributed by atoms with E-state index in [2.05, 4.69) is 31.5 Å². The van der Waals surface area contributed by atoms with Crippen LogP contribution in [0.5, 0.6) is 0 Å². The van der Waals surface area contributed by atoms with Crippen molar-refractivity contribution in [2.75, 3.05) is 7.11 Å². The maximum atomic E-state index is 6.29. The molecular formula is C13H20ClNO. The molecule has 1 aromatic carbocycles. The Hall–Kier alpha value is -0.570. The molecule has 0 unspecified atom stereocenters. The van der Waals surface area contributed by atoms with Crippen LogP contribution in [0.15, 0.2) is 18.2 Å². The van der Waals surface area contributed by atoms with E-state index in [0.717, 1.165) is 23.4 Å². The summed E-state index contributed by atoms with van der Waals surface area (Å²) in [5, 5.41) is 0.865. The first-order chi connectivity index (χ1) is 7.72. The number of halogens is 1. The van der Waals surface area contributed by atoms with Crippen LogP contribution in [0.25, 0.3) is 0 Å². The molecule has 0 heterocycles. The molecule has 0 radical (unpaired) electrons. The Bertz CT molecular complexity index is 324. The summed E-state index contributed by atoms with van der Waals surface area (Å²) in [6.07, 6.45) is 2.26. The van der Waals surface area contributed by atoms with Gasteiger partial charge in [0.15, 0.2) is 0 Å². The van der Waals surface area contributed by atoms with Crippen molar-refractivity contribution in [3.05, 3.63) is 34.3 Å².